The lowest BCUT2D eigenvalue weighted by atomic mass is 10.2. The molecule has 1 heterocycles. The molecule has 0 unspecified atom stereocenters. The molecule has 27 heavy (non-hydrogen) atoms. The predicted octanol–water partition coefficient (Wildman–Crippen LogP) is 4.71. The third-order valence-corrected chi connectivity index (χ3v) is 5.31. The number of hydrogen-bond acceptors (Lipinski definition) is 5. The summed E-state index contributed by atoms with van der Waals surface area (Å²) in [7, 11) is 1.53. The fourth-order valence-corrected chi connectivity index (χ4v) is 4.05. The van der Waals surface area contributed by atoms with E-state index in [0.717, 1.165) is 5.56 Å². The normalized spacial score (nSPS) is 15.4. The first-order valence-electron chi connectivity index (χ1n) is 7.88. The summed E-state index contributed by atoms with van der Waals surface area (Å²) in [5.41, 5.74) is 2.12. The zero-order valence-corrected chi connectivity index (χ0v) is 16.9. The Morgan fingerprint density at radius 1 is 1.26 bits per heavy atom. The number of anilines is 2. The Labute approximate surface area is 171 Å². The number of nitrogens with one attached hydrogen (secondary N) is 1. The Kier molecular flexibility index (Phi) is 5.84. The van der Waals surface area contributed by atoms with Gasteiger partial charge < -0.3 is 10.1 Å². The second kappa shape index (κ2) is 8.12. The molecule has 1 aliphatic rings. The number of benzene rings is 2. The largest absolute Gasteiger partial charge is 0.495 e. The molecule has 0 aliphatic carbocycles. The summed E-state index contributed by atoms with van der Waals surface area (Å²) in [6.45, 7) is 1.45. The number of thiocarbonyl (C=S) groups is 1. The number of hydrogen-bond donors (Lipinski definition) is 1. The highest BCUT2D eigenvalue weighted by Crippen LogP contribution is 2.38. The molecule has 0 bridgehead atoms. The van der Waals surface area contributed by atoms with Crippen LogP contribution in [-0.4, -0.2) is 23.2 Å². The van der Waals surface area contributed by atoms with Gasteiger partial charge in [0.1, 0.15) is 5.75 Å². The lowest BCUT2D eigenvalue weighted by Gasteiger charge is -2.15. The van der Waals surface area contributed by atoms with E-state index in [1.165, 1.54) is 30.7 Å². The summed E-state index contributed by atoms with van der Waals surface area (Å²) >= 11 is 12.8. The van der Waals surface area contributed by atoms with E-state index in [1.54, 1.807) is 36.4 Å². The van der Waals surface area contributed by atoms with Crippen LogP contribution in [0.15, 0.2) is 47.4 Å². The van der Waals surface area contributed by atoms with E-state index in [1.807, 2.05) is 12.1 Å². The molecule has 8 heteroatoms. The maximum Gasteiger partial charge on any atom is 0.270 e. The van der Waals surface area contributed by atoms with Crippen molar-refractivity contribution in [3.8, 4) is 5.75 Å². The van der Waals surface area contributed by atoms with Gasteiger partial charge in [-0.2, -0.15) is 0 Å². The molecule has 2 aromatic rings. The third kappa shape index (κ3) is 4.32. The van der Waals surface area contributed by atoms with Gasteiger partial charge in [-0.3, -0.25) is 14.5 Å². The van der Waals surface area contributed by atoms with E-state index in [0.29, 0.717) is 31.4 Å². The standard InChI is InChI=1S/C19H15ClN2O3S2/c1-11(23)21-13-5-3-12(4-6-13)9-17-18(24)22(19(26)27-17)14-7-8-16(25-2)15(20)10-14/h3-10H,1-2H3,(H,21,23)/b17-9-. The van der Waals surface area contributed by atoms with Crippen molar-refractivity contribution in [2.75, 3.05) is 17.3 Å². The molecular formula is C19H15ClN2O3S2. The van der Waals surface area contributed by atoms with Crippen LogP contribution < -0.4 is 15.0 Å². The maximum absolute atomic E-state index is 12.8. The van der Waals surface area contributed by atoms with E-state index in [9.17, 15) is 9.59 Å². The van der Waals surface area contributed by atoms with E-state index in [-0.39, 0.29) is 11.8 Å². The van der Waals surface area contributed by atoms with Crippen LogP contribution in [0.3, 0.4) is 0 Å². The van der Waals surface area contributed by atoms with Crippen molar-refractivity contribution in [3.05, 3.63) is 58.0 Å². The second-order valence-electron chi connectivity index (χ2n) is 5.64. The number of carbonyl (C=O) groups is 2. The van der Waals surface area contributed by atoms with Gasteiger partial charge in [0.15, 0.2) is 4.32 Å². The number of nitrogens with zero attached hydrogens (tertiary/aromatic N) is 1. The molecule has 5 nitrogen and oxygen atoms in total. The van der Waals surface area contributed by atoms with E-state index < -0.39 is 0 Å². The zero-order chi connectivity index (χ0) is 19.6. The SMILES string of the molecule is COc1ccc(N2C(=O)/C(=C/c3ccc(NC(C)=O)cc3)SC2=S)cc1Cl. The fourth-order valence-electron chi connectivity index (χ4n) is 2.50. The van der Waals surface area contributed by atoms with Gasteiger partial charge in [-0.05, 0) is 42.0 Å². The molecule has 1 aliphatic heterocycles. The van der Waals surface area contributed by atoms with E-state index >= 15 is 0 Å². The van der Waals surface area contributed by atoms with Crippen molar-refractivity contribution in [2.45, 2.75) is 6.92 Å². The predicted molar refractivity (Wildman–Crippen MR) is 114 cm³/mol. The first-order valence-corrected chi connectivity index (χ1v) is 9.48. The molecule has 0 radical (unpaired) electrons. The molecule has 3 rings (SSSR count). The number of thioether (sulfide) groups is 1. The monoisotopic (exact) mass is 418 g/mol. The summed E-state index contributed by atoms with van der Waals surface area (Å²) in [5, 5.41) is 3.11. The van der Waals surface area contributed by atoms with Crippen LogP contribution in [0.5, 0.6) is 5.75 Å². The Balaban J connectivity index is 1.84. The molecule has 138 valence electrons. The van der Waals surface area contributed by atoms with Crippen LogP contribution in [-0.2, 0) is 9.59 Å². The van der Waals surface area contributed by atoms with Crippen LogP contribution in [0.4, 0.5) is 11.4 Å². The van der Waals surface area contributed by atoms with Gasteiger partial charge in [-0.1, -0.05) is 47.7 Å². The number of ether oxygens (including phenoxy) is 1. The fraction of sp³-hybridized carbons (Fsp3) is 0.105. The van der Waals surface area contributed by atoms with Crippen molar-refractivity contribution in [3.63, 3.8) is 0 Å². The smallest absolute Gasteiger partial charge is 0.270 e. The average molecular weight is 419 g/mol. The summed E-state index contributed by atoms with van der Waals surface area (Å²) in [4.78, 5) is 25.9. The topological polar surface area (TPSA) is 58.6 Å². The summed E-state index contributed by atoms with van der Waals surface area (Å²) < 4.78 is 5.57. The molecule has 2 amide bonds. The summed E-state index contributed by atoms with van der Waals surface area (Å²) in [6, 6.07) is 12.3. The van der Waals surface area contributed by atoms with Crippen LogP contribution >= 0.6 is 35.6 Å². The summed E-state index contributed by atoms with van der Waals surface area (Å²) in [5.74, 6) is 0.180. The number of methoxy groups -OCH3 is 1. The molecule has 1 fully saturated rings. The second-order valence-corrected chi connectivity index (χ2v) is 7.72. The molecule has 1 N–H and O–H groups in total. The lowest BCUT2D eigenvalue weighted by molar-refractivity contribution is -0.114. The average Bonchev–Trinajstić information content (AvgIpc) is 2.89. The first-order chi connectivity index (χ1) is 12.9. The summed E-state index contributed by atoms with van der Waals surface area (Å²) in [6.07, 6.45) is 1.77. The van der Waals surface area contributed by atoms with Crippen LogP contribution in [0, 0.1) is 0 Å². The number of carbonyl (C=O) groups excluding carboxylic acids is 2. The van der Waals surface area contributed by atoms with Crippen molar-refractivity contribution < 1.29 is 14.3 Å². The van der Waals surface area contributed by atoms with Gasteiger partial charge in [0.05, 0.1) is 22.7 Å². The van der Waals surface area contributed by atoms with Gasteiger partial charge in [-0.15, -0.1) is 0 Å². The van der Waals surface area contributed by atoms with Crippen LogP contribution in [0.25, 0.3) is 6.08 Å². The maximum atomic E-state index is 12.8. The van der Waals surface area contributed by atoms with E-state index in [4.69, 9.17) is 28.6 Å². The Morgan fingerprint density at radius 3 is 2.56 bits per heavy atom. The zero-order valence-electron chi connectivity index (χ0n) is 14.5. The minimum atomic E-state index is -0.211. The quantitative estimate of drug-likeness (QED) is 0.575. The van der Waals surface area contributed by atoms with Gasteiger partial charge in [-0.25, -0.2) is 0 Å². The highest BCUT2D eigenvalue weighted by Gasteiger charge is 2.33. The number of rotatable bonds is 4. The third-order valence-electron chi connectivity index (χ3n) is 3.72. The van der Waals surface area contributed by atoms with Gasteiger partial charge in [0, 0.05) is 12.6 Å². The van der Waals surface area contributed by atoms with Crippen LogP contribution in [0.1, 0.15) is 12.5 Å². The van der Waals surface area contributed by atoms with Crippen LogP contribution in [0.2, 0.25) is 5.02 Å². The molecule has 0 spiro atoms. The highest BCUT2D eigenvalue weighted by molar-refractivity contribution is 8.27. The lowest BCUT2D eigenvalue weighted by Crippen LogP contribution is -2.27. The first kappa shape index (κ1) is 19.4. The molecule has 2 aromatic carbocycles. The molecule has 0 saturated carbocycles. The minimum Gasteiger partial charge on any atom is -0.495 e. The Morgan fingerprint density at radius 2 is 1.96 bits per heavy atom. The molecule has 0 aromatic heterocycles. The number of amides is 2. The highest BCUT2D eigenvalue weighted by atomic mass is 35.5. The molecular weight excluding hydrogens is 404 g/mol. The molecule has 0 atom stereocenters. The van der Waals surface area contributed by atoms with Crippen molar-refractivity contribution in [2.24, 2.45) is 0 Å². The van der Waals surface area contributed by atoms with Gasteiger partial charge in [0.2, 0.25) is 5.91 Å². The van der Waals surface area contributed by atoms with Crippen molar-refractivity contribution in [1.29, 1.82) is 0 Å². The number of halogens is 1. The van der Waals surface area contributed by atoms with Crippen molar-refractivity contribution in [1.82, 2.24) is 0 Å². The van der Waals surface area contributed by atoms with Crippen molar-refractivity contribution >= 4 is 69.2 Å². The van der Waals surface area contributed by atoms with Gasteiger partial charge >= 0.3 is 0 Å². The van der Waals surface area contributed by atoms with Gasteiger partial charge in [0.25, 0.3) is 5.91 Å². The minimum absolute atomic E-state index is 0.137. The molecule has 1 saturated heterocycles. The van der Waals surface area contributed by atoms with E-state index in [2.05, 4.69) is 5.32 Å². The Bertz CT molecular complexity index is 958. The Hall–Kier alpha value is -2.35.